The molecular weight excluding hydrogens is 310 g/mol. The Morgan fingerprint density at radius 2 is 1.76 bits per heavy atom. The summed E-state index contributed by atoms with van der Waals surface area (Å²) in [7, 11) is 0. The largest absolute Gasteiger partial charge is 0.491 e. The first kappa shape index (κ1) is 16.1. The molecule has 0 spiro atoms. The molecule has 0 bridgehead atoms. The van der Waals surface area contributed by atoms with Crippen LogP contribution in [0.4, 0.5) is 4.39 Å². The first-order chi connectivity index (χ1) is 9.97. The van der Waals surface area contributed by atoms with Crippen LogP contribution in [-0.4, -0.2) is 6.10 Å². The molecule has 2 rings (SSSR count). The van der Waals surface area contributed by atoms with Crippen LogP contribution in [0.1, 0.15) is 30.4 Å². The molecule has 0 aliphatic carbocycles. The summed E-state index contributed by atoms with van der Waals surface area (Å²) in [6.07, 6.45) is 0.470. The van der Waals surface area contributed by atoms with Crippen LogP contribution in [0.15, 0.2) is 42.5 Å². The third-order valence-corrected chi connectivity index (χ3v) is 3.82. The summed E-state index contributed by atoms with van der Waals surface area (Å²) in [6, 6.07) is 12.2. The van der Waals surface area contributed by atoms with Gasteiger partial charge in [0.2, 0.25) is 0 Å². The van der Waals surface area contributed by atoms with E-state index < -0.39 is 0 Å². The van der Waals surface area contributed by atoms with Gasteiger partial charge in [-0.05, 0) is 50.1 Å². The molecule has 0 aromatic heterocycles. The van der Waals surface area contributed by atoms with E-state index >= 15 is 0 Å². The van der Waals surface area contributed by atoms with Crippen molar-refractivity contribution in [2.75, 3.05) is 0 Å². The van der Waals surface area contributed by atoms with Gasteiger partial charge in [0.05, 0.1) is 11.5 Å². The first-order valence-electron chi connectivity index (χ1n) is 6.81. The van der Waals surface area contributed by atoms with Crippen molar-refractivity contribution in [2.24, 2.45) is 0 Å². The van der Waals surface area contributed by atoms with E-state index in [4.69, 9.17) is 27.9 Å². The summed E-state index contributed by atoms with van der Waals surface area (Å²) in [4.78, 5) is 0. The van der Waals surface area contributed by atoms with E-state index in [9.17, 15) is 4.39 Å². The van der Waals surface area contributed by atoms with Crippen molar-refractivity contribution >= 4 is 23.2 Å². The van der Waals surface area contributed by atoms with Crippen molar-refractivity contribution in [1.29, 1.82) is 0 Å². The van der Waals surface area contributed by atoms with Crippen LogP contribution in [0.5, 0.6) is 5.75 Å². The molecule has 0 amide bonds. The maximum Gasteiger partial charge on any atom is 0.127 e. The van der Waals surface area contributed by atoms with Crippen LogP contribution in [0.2, 0.25) is 5.02 Å². The second-order valence-electron chi connectivity index (χ2n) is 5.11. The summed E-state index contributed by atoms with van der Waals surface area (Å²) in [5.41, 5.74) is 1.36. The summed E-state index contributed by atoms with van der Waals surface area (Å²) in [5.74, 6) is 0.467. The van der Waals surface area contributed by atoms with E-state index in [1.165, 1.54) is 6.07 Å². The molecule has 112 valence electrons. The van der Waals surface area contributed by atoms with E-state index in [2.05, 4.69) is 0 Å². The number of rotatable bonds is 5. The Hall–Kier alpha value is -1.25. The van der Waals surface area contributed by atoms with Gasteiger partial charge in [-0.2, -0.15) is 0 Å². The highest BCUT2D eigenvalue weighted by molar-refractivity contribution is 6.31. The second kappa shape index (κ2) is 7.15. The first-order valence-corrected chi connectivity index (χ1v) is 7.62. The van der Waals surface area contributed by atoms with Gasteiger partial charge < -0.3 is 4.74 Å². The molecule has 1 atom stereocenters. The fourth-order valence-electron chi connectivity index (χ4n) is 2.05. The van der Waals surface area contributed by atoms with Crippen molar-refractivity contribution in [3.05, 3.63) is 64.4 Å². The van der Waals surface area contributed by atoms with Gasteiger partial charge in [-0.25, -0.2) is 4.39 Å². The highest BCUT2D eigenvalue weighted by atomic mass is 35.5. The average Bonchev–Trinajstić information content (AvgIpc) is 2.43. The van der Waals surface area contributed by atoms with Crippen molar-refractivity contribution in [1.82, 2.24) is 0 Å². The Labute approximate surface area is 134 Å². The normalized spacial score (nSPS) is 12.5. The minimum Gasteiger partial charge on any atom is -0.491 e. The topological polar surface area (TPSA) is 9.23 Å². The lowest BCUT2D eigenvalue weighted by Crippen LogP contribution is -2.05. The molecule has 0 heterocycles. The Morgan fingerprint density at radius 3 is 2.33 bits per heavy atom. The van der Waals surface area contributed by atoms with Gasteiger partial charge in [0.15, 0.2) is 0 Å². The zero-order valence-electron chi connectivity index (χ0n) is 11.9. The molecule has 1 nitrogen and oxygen atoms in total. The molecule has 0 fully saturated rings. The van der Waals surface area contributed by atoms with Crippen LogP contribution in [0.25, 0.3) is 0 Å². The number of hydrogen-bond acceptors (Lipinski definition) is 1. The van der Waals surface area contributed by atoms with Gasteiger partial charge in [0, 0.05) is 10.6 Å². The van der Waals surface area contributed by atoms with Gasteiger partial charge in [-0.3, -0.25) is 0 Å². The quantitative estimate of drug-likeness (QED) is 0.632. The highest BCUT2D eigenvalue weighted by Gasteiger charge is 2.14. The minimum absolute atomic E-state index is 0.125. The summed E-state index contributed by atoms with van der Waals surface area (Å²) in [5, 5.41) is 0.0629. The molecule has 0 aliphatic heterocycles. The number of benzene rings is 2. The van der Waals surface area contributed by atoms with E-state index in [1.54, 1.807) is 12.1 Å². The van der Waals surface area contributed by atoms with Crippen molar-refractivity contribution in [3.63, 3.8) is 0 Å². The second-order valence-corrected chi connectivity index (χ2v) is 6.04. The average molecular weight is 327 g/mol. The smallest absolute Gasteiger partial charge is 0.127 e. The number of hydrogen-bond donors (Lipinski definition) is 0. The fourth-order valence-corrected chi connectivity index (χ4v) is 2.59. The third kappa shape index (κ3) is 4.36. The number of halogens is 3. The predicted molar refractivity (Wildman–Crippen MR) is 85.9 cm³/mol. The Balaban J connectivity index is 2.11. The highest BCUT2D eigenvalue weighted by Crippen LogP contribution is 2.30. The van der Waals surface area contributed by atoms with Crippen LogP contribution in [0, 0.1) is 5.82 Å². The van der Waals surface area contributed by atoms with Crippen molar-refractivity contribution in [2.45, 2.75) is 31.7 Å². The zero-order chi connectivity index (χ0) is 15.4. The number of ether oxygens (including phenoxy) is 1. The monoisotopic (exact) mass is 326 g/mol. The lowest BCUT2D eigenvalue weighted by Gasteiger charge is -2.14. The molecule has 21 heavy (non-hydrogen) atoms. The van der Waals surface area contributed by atoms with Crippen LogP contribution < -0.4 is 4.74 Å². The zero-order valence-corrected chi connectivity index (χ0v) is 13.5. The SMILES string of the molecule is CC(C)Oc1ccc(C(Cl)Cc2c(F)cccc2Cl)cc1. The number of alkyl halides is 1. The third-order valence-electron chi connectivity index (χ3n) is 3.06. The Kier molecular flexibility index (Phi) is 5.49. The van der Waals surface area contributed by atoms with Crippen LogP contribution in [0.3, 0.4) is 0 Å². The van der Waals surface area contributed by atoms with Crippen LogP contribution in [-0.2, 0) is 6.42 Å². The van der Waals surface area contributed by atoms with Gasteiger partial charge in [0.25, 0.3) is 0 Å². The molecule has 0 radical (unpaired) electrons. The Morgan fingerprint density at radius 1 is 1.10 bits per heavy atom. The molecule has 0 saturated carbocycles. The summed E-state index contributed by atoms with van der Waals surface area (Å²) < 4.78 is 19.4. The summed E-state index contributed by atoms with van der Waals surface area (Å²) >= 11 is 12.4. The molecule has 0 aliphatic rings. The molecule has 2 aromatic rings. The molecule has 0 N–H and O–H groups in total. The molecular formula is C17H17Cl2FO. The van der Waals surface area contributed by atoms with E-state index in [-0.39, 0.29) is 17.3 Å². The predicted octanol–water partition coefficient (Wildman–Crippen LogP) is 5.79. The van der Waals surface area contributed by atoms with Crippen LogP contribution >= 0.6 is 23.2 Å². The maximum absolute atomic E-state index is 13.8. The lowest BCUT2D eigenvalue weighted by atomic mass is 10.0. The molecule has 2 aromatic carbocycles. The van der Waals surface area contributed by atoms with Gasteiger partial charge in [-0.15, -0.1) is 11.6 Å². The van der Waals surface area contributed by atoms with Crippen molar-refractivity contribution < 1.29 is 9.13 Å². The molecule has 1 unspecified atom stereocenters. The van der Waals surface area contributed by atoms with Crippen molar-refractivity contribution in [3.8, 4) is 5.75 Å². The summed E-state index contributed by atoms with van der Waals surface area (Å²) in [6.45, 7) is 3.94. The Bertz CT molecular complexity index is 576. The van der Waals surface area contributed by atoms with Gasteiger partial charge in [0.1, 0.15) is 11.6 Å². The fraction of sp³-hybridized carbons (Fsp3) is 0.294. The standard InChI is InChI=1S/C17H17Cl2FO/c1-11(2)21-13-8-6-12(7-9-13)16(19)10-14-15(18)4-3-5-17(14)20/h3-9,11,16H,10H2,1-2H3. The maximum atomic E-state index is 13.8. The van der Waals surface area contributed by atoms with E-state index in [0.717, 1.165) is 11.3 Å². The van der Waals surface area contributed by atoms with E-state index in [1.807, 2.05) is 38.1 Å². The minimum atomic E-state index is -0.340. The van der Waals surface area contributed by atoms with Gasteiger partial charge >= 0.3 is 0 Å². The molecule has 4 heteroatoms. The lowest BCUT2D eigenvalue weighted by molar-refractivity contribution is 0.242. The molecule has 0 saturated heterocycles. The van der Waals surface area contributed by atoms with Gasteiger partial charge in [-0.1, -0.05) is 29.8 Å². The van der Waals surface area contributed by atoms with E-state index in [0.29, 0.717) is 17.0 Å².